The SMILES string of the molecule is CO[C@@H]1[C@H](C)CC=CC(=O)[C@@H]1C. The zero-order valence-electron chi connectivity index (χ0n) is 7.91. The van der Waals surface area contributed by atoms with Crippen molar-refractivity contribution >= 4 is 5.78 Å². The van der Waals surface area contributed by atoms with E-state index < -0.39 is 0 Å². The summed E-state index contributed by atoms with van der Waals surface area (Å²) in [5.41, 5.74) is 0. The van der Waals surface area contributed by atoms with Crippen molar-refractivity contribution in [1.82, 2.24) is 0 Å². The quantitative estimate of drug-likeness (QED) is 0.596. The summed E-state index contributed by atoms with van der Waals surface area (Å²) >= 11 is 0. The van der Waals surface area contributed by atoms with Crippen LogP contribution in [0.25, 0.3) is 0 Å². The van der Waals surface area contributed by atoms with Crippen molar-refractivity contribution in [2.24, 2.45) is 11.8 Å². The normalized spacial score (nSPS) is 36.6. The van der Waals surface area contributed by atoms with Crippen molar-refractivity contribution in [1.29, 1.82) is 0 Å². The van der Waals surface area contributed by atoms with Gasteiger partial charge in [0, 0.05) is 13.0 Å². The summed E-state index contributed by atoms with van der Waals surface area (Å²) in [5, 5.41) is 0. The van der Waals surface area contributed by atoms with E-state index in [0.717, 1.165) is 6.42 Å². The van der Waals surface area contributed by atoms with Gasteiger partial charge in [-0.2, -0.15) is 0 Å². The highest BCUT2D eigenvalue weighted by molar-refractivity contribution is 5.92. The van der Waals surface area contributed by atoms with Crippen LogP contribution in [0.4, 0.5) is 0 Å². The molecule has 0 fully saturated rings. The van der Waals surface area contributed by atoms with E-state index in [1.54, 1.807) is 13.2 Å². The van der Waals surface area contributed by atoms with Gasteiger partial charge < -0.3 is 4.74 Å². The zero-order valence-corrected chi connectivity index (χ0v) is 7.91. The molecule has 0 spiro atoms. The first-order valence-corrected chi connectivity index (χ1v) is 4.40. The molecule has 0 aliphatic heterocycles. The maximum Gasteiger partial charge on any atom is 0.160 e. The number of methoxy groups -OCH3 is 1. The number of carbonyl (C=O) groups is 1. The van der Waals surface area contributed by atoms with Crippen LogP contribution in [0.5, 0.6) is 0 Å². The van der Waals surface area contributed by atoms with Crippen molar-refractivity contribution in [3.63, 3.8) is 0 Å². The Hall–Kier alpha value is -0.630. The minimum atomic E-state index is 0.00347. The molecule has 0 aromatic carbocycles. The number of allylic oxidation sites excluding steroid dienone is 2. The summed E-state index contributed by atoms with van der Waals surface area (Å²) in [6.45, 7) is 4.05. The molecule has 1 rings (SSSR count). The fourth-order valence-corrected chi connectivity index (χ4v) is 1.78. The standard InChI is InChI=1S/C10H16O2/c1-7-5-4-6-9(11)8(2)10(7)12-3/h4,6-8,10H,5H2,1-3H3/t7-,8+,10-/m1/s1. The van der Waals surface area contributed by atoms with Crippen LogP contribution in [-0.2, 0) is 9.53 Å². The van der Waals surface area contributed by atoms with Crippen LogP contribution >= 0.6 is 0 Å². The maximum atomic E-state index is 11.4. The van der Waals surface area contributed by atoms with Crippen molar-refractivity contribution in [3.05, 3.63) is 12.2 Å². The molecule has 0 unspecified atom stereocenters. The van der Waals surface area contributed by atoms with E-state index in [1.807, 2.05) is 13.0 Å². The van der Waals surface area contributed by atoms with Crippen LogP contribution in [-0.4, -0.2) is 19.0 Å². The monoisotopic (exact) mass is 168 g/mol. The van der Waals surface area contributed by atoms with Crippen molar-refractivity contribution < 1.29 is 9.53 Å². The van der Waals surface area contributed by atoms with Gasteiger partial charge in [-0.05, 0) is 18.4 Å². The second-order valence-electron chi connectivity index (χ2n) is 3.51. The summed E-state index contributed by atoms with van der Waals surface area (Å²) in [6, 6.07) is 0. The topological polar surface area (TPSA) is 26.3 Å². The molecule has 1 aliphatic rings. The van der Waals surface area contributed by atoms with Crippen LogP contribution < -0.4 is 0 Å². The molecule has 12 heavy (non-hydrogen) atoms. The first kappa shape index (κ1) is 9.46. The average Bonchev–Trinajstić information content (AvgIpc) is 2.14. The molecule has 2 nitrogen and oxygen atoms in total. The van der Waals surface area contributed by atoms with Crippen molar-refractivity contribution in [2.75, 3.05) is 7.11 Å². The number of hydrogen-bond donors (Lipinski definition) is 0. The van der Waals surface area contributed by atoms with E-state index in [9.17, 15) is 4.79 Å². The third-order valence-electron chi connectivity index (χ3n) is 2.56. The van der Waals surface area contributed by atoms with Crippen LogP contribution in [0, 0.1) is 11.8 Å². The second-order valence-corrected chi connectivity index (χ2v) is 3.51. The minimum absolute atomic E-state index is 0.00347. The predicted octanol–water partition coefficient (Wildman–Crippen LogP) is 1.80. The molecule has 2 heteroatoms. The Morgan fingerprint density at radius 2 is 2.17 bits per heavy atom. The molecule has 0 saturated heterocycles. The van der Waals surface area contributed by atoms with Gasteiger partial charge >= 0.3 is 0 Å². The number of ether oxygens (including phenoxy) is 1. The highest BCUT2D eigenvalue weighted by Gasteiger charge is 2.28. The van der Waals surface area contributed by atoms with E-state index in [2.05, 4.69) is 6.92 Å². The van der Waals surface area contributed by atoms with Gasteiger partial charge in [0.25, 0.3) is 0 Å². The largest absolute Gasteiger partial charge is 0.380 e. The van der Waals surface area contributed by atoms with E-state index in [-0.39, 0.29) is 17.8 Å². The summed E-state index contributed by atoms with van der Waals surface area (Å²) in [7, 11) is 1.68. The molecule has 0 bridgehead atoms. The predicted molar refractivity (Wildman–Crippen MR) is 47.9 cm³/mol. The highest BCUT2D eigenvalue weighted by Crippen LogP contribution is 2.23. The minimum Gasteiger partial charge on any atom is -0.380 e. The first-order chi connectivity index (χ1) is 5.66. The van der Waals surface area contributed by atoms with Gasteiger partial charge in [0.15, 0.2) is 5.78 Å². The van der Waals surface area contributed by atoms with E-state index in [4.69, 9.17) is 4.74 Å². The molecule has 0 amide bonds. The van der Waals surface area contributed by atoms with E-state index in [0.29, 0.717) is 5.92 Å². The van der Waals surface area contributed by atoms with Gasteiger partial charge in [0.2, 0.25) is 0 Å². The third kappa shape index (κ3) is 1.75. The van der Waals surface area contributed by atoms with Crippen molar-refractivity contribution in [2.45, 2.75) is 26.4 Å². The first-order valence-electron chi connectivity index (χ1n) is 4.40. The lowest BCUT2D eigenvalue weighted by molar-refractivity contribution is -0.122. The second kappa shape index (κ2) is 3.85. The van der Waals surface area contributed by atoms with Crippen LogP contribution in [0.2, 0.25) is 0 Å². The van der Waals surface area contributed by atoms with Gasteiger partial charge in [0.05, 0.1) is 6.10 Å². The molecule has 0 heterocycles. The number of ketones is 1. The lowest BCUT2D eigenvalue weighted by atomic mass is 9.91. The Morgan fingerprint density at radius 1 is 1.50 bits per heavy atom. The smallest absolute Gasteiger partial charge is 0.160 e. The summed E-state index contributed by atoms with van der Waals surface area (Å²) in [6.07, 6.45) is 4.64. The number of hydrogen-bond acceptors (Lipinski definition) is 2. The fraction of sp³-hybridized carbons (Fsp3) is 0.700. The van der Waals surface area contributed by atoms with E-state index in [1.165, 1.54) is 0 Å². The Kier molecular flexibility index (Phi) is 3.04. The molecular formula is C10H16O2. The molecule has 0 N–H and O–H groups in total. The Labute approximate surface area is 73.6 Å². The van der Waals surface area contributed by atoms with Gasteiger partial charge in [-0.1, -0.05) is 19.9 Å². The lowest BCUT2D eigenvalue weighted by Crippen LogP contribution is -2.30. The maximum absolute atomic E-state index is 11.4. The molecule has 1 aliphatic carbocycles. The van der Waals surface area contributed by atoms with Crippen LogP contribution in [0.1, 0.15) is 20.3 Å². The Bertz CT molecular complexity index is 196. The number of carbonyl (C=O) groups excluding carboxylic acids is 1. The molecule has 68 valence electrons. The van der Waals surface area contributed by atoms with Gasteiger partial charge in [-0.15, -0.1) is 0 Å². The molecule has 0 saturated carbocycles. The number of rotatable bonds is 1. The molecule has 0 aromatic heterocycles. The van der Waals surface area contributed by atoms with Crippen molar-refractivity contribution in [3.8, 4) is 0 Å². The fourth-order valence-electron chi connectivity index (χ4n) is 1.78. The van der Waals surface area contributed by atoms with Crippen LogP contribution in [0.15, 0.2) is 12.2 Å². The third-order valence-corrected chi connectivity index (χ3v) is 2.56. The molecule has 0 radical (unpaired) electrons. The highest BCUT2D eigenvalue weighted by atomic mass is 16.5. The van der Waals surface area contributed by atoms with Gasteiger partial charge in [-0.25, -0.2) is 0 Å². The Morgan fingerprint density at radius 3 is 2.75 bits per heavy atom. The summed E-state index contributed by atoms with van der Waals surface area (Å²) < 4.78 is 5.31. The van der Waals surface area contributed by atoms with Crippen LogP contribution in [0.3, 0.4) is 0 Å². The molecule has 0 aromatic rings. The van der Waals surface area contributed by atoms with E-state index >= 15 is 0 Å². The zero-order chi connectivity index (χ0) is 9.14. The Balaban J connectivity index is 2.77. The molecular weight excluding hydrogens is 152 g/mol. The van der Waals surface area contributed by atoms with Gasteiger partial charge in [-0.3, -0.25) is 4.79 Å². The molecule has 3 atom stereocenters. The average molecular weight is 168 g/mol. The summed E-state index contributed by atoms with van der Waals surface area (Å²) in [5.74, 6) is 0.627. The summed E-state index contributed by atoms with van der Waals surface area (Å²) in [4.78, 5) is 11.4. The van der Waals surface area contributed by atoms with Gasteiger partial charge in [0.1, 0.15) is 0 Å². The lowest BCUT2D eigenvalue weighted by Gasteiger charge is -2.24.